The number of aldehydes is 1. The smallest absolute Gasteiger partial charge is 0.191 e. The predicted molar refractivity (Wildman–Crippen MR) is 118 cm³/mol. The van der Waals surface area contributed by atoms with Crippen LogP contribution < -0.4 is 0 Å². The van der Waals surface area contributed by atoms with Crippen LogP contribution in [0.2, 0.25) is 18.1 Å². The van der Waals surface area contributed by atoms with Crippen LogP contribution in [0.3, 0.4) is 0 Å². The molecule has 0 amide bonds. The van der Waals surface area contributed by atoms with Gasteiger partial charge in [-0.2, -0.15) is 0 Å². The van der Waals surface area contributed by atoms with Crippen molar-refractivity contribution in [3.63, 3.8) is 0 Å². The lowest BCUT2D eigenvalue weighted by molar-refractivity contribution is -0.123. The number of benzene rings is 1. The molecule has 2 heterocycles. The number of hydrogen-bond acceptors (Lipinski definition) is 4. The van der Waals surface area contributed by atoms with Crippen molar-refractivity contribution in [2.45, 2.75) is 90.0 Å². The van der Waals surface area contributed by atoms with Crippen LogP contribution in [0.5, 0.6) is 0 Å². The number of ether oxygens (including phenoxy) is 2. The highest BCUT2D eigenvalue weighted by Crippen LogP contribution is 2.60. The minimum atomic E-state index is -1.81. The predicted octanol–water partition coefficient (Wildman–Crippen LogP) is 5.32. The zero-order valence-corrected chi connectivity index (χ0v) is 20.1. The molecule has 1 aromatic rings. The monoisotopic (exact) mass is 417 g/mol. The summed E-state index contributed by atoms with van der Waals surface area (Å²) >= 11 is 0. The molecule has 5 heteroatoms. The van der Waals surface area contributed by atoms with E-state index in [9.17, 15) is 4.79 Å². The molecular weight excluding hydrogens is 380 g/mol. The van der Waals surface area contributed by atoms with Crippen LogP contribution in [0.4, 0.5) is 0 Å². The number of carbonyl (C=O) groups excluding carboxylic acids is 1. The molecule has 3 rings (SSSR count). The number of rotatable bonds is 8. The van der Waals surface area contributed by atoms with Gasteiger partial charge in [0.05, 0.1) is 18.8 Å². The van der Waals surface area contributed by atoms with E-state index in [4.69, 9.17) is 13.9 Å². The van der Waals surface area contributed by atoms with Crippen LogP contribution in [-0.4, -0.2) is 39.0 Å². The zero-order chi connectivity index (χ0) is 21.5. The van der Waals surface area contributed by atoms with Crippen molar-refractivity contribution >= 4 is 14.6 Å². The van der Waals surface area contributed by atoms with Gasteiger partial charge in [0.1, 0.15) is 5.60 Å². The molecule has 2 bridgehead atoms. The molecule has 2 aliphatic rings. The van der Waals surface area contributed by atoms with Gasteiger partial charge in [-0.25, -0.2) is 0 Å². The highest BCUT2D eigenvalue weighted by molar-refractivity contribution is 6.74. The molecule has 0 aromatic heterocycles. The Hall–Kier alpha value is -1.01. The standard InChI is InChI=1S/C24H37O4Si/c1-22(2,3)29(6,7)27-14-13-20-23(4,5)21-19(15-24(20,17-25)28-21)26-16-18-11-9-8-10-12-18/h8-12,17,19,21H,13-16H2,1-7H3/t19-,21-,24-/m0/s1. The van der Waals surface area contributed by atoms with Gasteiger partial charge in [-0.1, -0.05) is 65.0 Å². The Bertz CT molecular complexity index is 709. The molecule has 2 saturated heterocycles. The number of hydrogen-bond donors (Lipinski definition) is 0. The minimum absolute atomic E-state index is 0.0690. The van der Waals surface area contributed by atoms with Crippen LogP contribution in [0.1, 0.15) is 53.0 Å². The lowest BCUT2D eigenvalue weighted by atomic mass is 9.62. The van der Waals surface area contributed by atoms with Gasteiger partial charge in [0.15, 0.2) is 14.6 Å². The number of carbonyl (C=O) groups is 1. The van der Waals surface area contributed by atoms with E-state index >= 15 is 0 Å². The highest BCUT2D eigenvalue weighted by atomic mass is 28.4. The normalized spacial score (nSPS) is 29.3. The average molecular weight is 418 g/mol. The van der Waals surface area contributed by atoms with E-state index in [1.807, 2.05) is 18.2 Å². The van der Waals surface area contributed by atoms with E-state index in [1.54, 1.807) is 0 Å². The molecule has 1 aromatic carbocycles. The Morgan fingerprint density at radius 3 is 2.45 bits per heavy atom. The average Bonchev–Trinajstić information content (AvgIpc) is 3.13. The van der Waals surface area contributed by atoms with Crippen molar-refractivity contribution in [2.24, 2.45) is 5.41 Å². The van der Waals surface area contributed by atoms with Crippen molar-refractivity contribution in [1.29, 1.82) is 0 Å². The van der Waals surface area contributed by atoms with Crippen LogP contribution in [0.25, 0.3) is 0 Å². The second kappa shape index (κ2) is 7.91. The van der Waals surface area contributed by atoms with Gasteiger partial charge >= 0.3 is 0 Å². The van der Waals surface area contributed by atoms with E-state index in [1.165, 1.54) is 5.92 Å². The SMILES string of the molecule is CC1(C)[C](CCO[Si](C)(C)C(C)(C)C)[C@@]2(C=O)C[C@H](OCc3ccccc3)[C@@H]1O2. The summed E-state index contributed by atoms with van der Waals surface area (Å²) in [7, 11) is -1.81. The van der Waals surface area contributed by atoms with Gasteiger partial charge in [0, 0.05) is 24.4 Å². The third-order valence-electron chi connectivity index (χ3n) is 7.30. The second-order valence-corrected chi connectivity index (χ2v) is 15.5. The van der Waals surface area contributed by atoms with E-state index in [0.29, 0.717) is 19.6 Å². The maximum absolute atomic E-state index is 12.2. The summed E-state index contributed by atoms with van der Waals surface area (Å²) in [6.45, 7) is 16.8. The fraction of sp³-hybridized carbons (Fsp3) is 0.667. The molecule has 0 saturated carbocycles. The number of fused-ring (bicyclic) bond motifs is 2. The first-order valence-electron chi connectivity index (χ1n) is 10.7. The Balaban J connectivity index is 1.65. The maximum Gasteiger partial charge on any atom is 0.191 e. The summed E-state index contributed by atoms with van der Waals surface area (Å²) in [5.41, 5.74) is 0.101. The van der Waals surface area contributed by atoms with Crippen molar-refractivity contribution in [1.82, 2.24) is 0 Å². The molecule has 0 unspecified atom stereocenters. The van der Waals surface area contributed by atoms with Gasteiger partial charge in [0.25, 0.3) is 0 Å². The van der Waals surface area contributed by atoms with Crippen molar-refractivity contribution in [2.75, 3.05) is 6.61 Å². The van der Waals surface area contributed by atoms with Crippen LogP contribution in [-0.2, 0) is 25.3 Å². The fourth-order valence-electron chi connectivity index (χ4n) is 4.51. The molecule has 0 spiro atoms. The molecule has 29 heavy (non-hydrogen) atoms. The van der Waals surface area contributed by atoms with Gasteiger partial charge < -0.3 is 18.7 Å². The molecule has 161 valence electrons. The van der Waals surface area contributed by atoms with Gasteiger partial charge in [-0.3, -0.25) is 0 Å². The summed E-state index contributed by atoms with van der Waals surface area (Å²) in [6, 6.07) is 10.2. The third kappa shape index (κ3) is 4.25. The topological polar surface area (TPSA) is 44.8 Å². The summed E-state index contributed by atoms with van der Waals surface area (Å²) in [5.74, 6) is 1.17. The van der Waals surface area contributed by atoms with Gasteiger partial charge in [0.2, 0.25) is 0 Å². The summed E-state index contributed by atoms with van der Waals surface area (Å²) in [4.78, 5) is 12.2. The van der Waals surface area contributed by atoms with Crippen LogP contribution >= 0.6 is 0 Å². The third-order valence-corrected chi connectivity index (χ3v) is 11.8. The fourth-order valence-corrected chi connectivity index (χ4v) is 5.55. The lowest BCUT2D eigenvalue weighted by Crippen LogP contribution is -2.49. The molecule has 1 radical (unpaired) electrons. The maximum atomic E-state index is 12.2. The van der Waals surface area contributed by atoms with Crippen molar-refractivity contribution < 1.29 is 18.7 Å². The van der Waals surface area contributed by atoms with Crippen molar-refractivity contribution in [3.8, 4) is 0 Å². The van der Waals surface area contributed by atoms with E-state index < -0.39 is 13.9 Å². The van der Waals surface area contributed by atoms with Crippen LogP contribution in [0, 0.1) is 11.3 Å². The highest BCUT2D eigenvalue weighted by Gasteiger charge is 2.67. The Morgan fingerprint density at radius 1 is 1.21 bits per heavy atom. The molecule has 4 nitrogen and oxygen atoms in total. The summed E-state index contributed by atoms with van der Waals surface area (Å²) < 4.78 is 18.9. The Labute approximate surface area is 177 Å². The molecule has 3 atom stereocenters. The molecule has 2 aliphatic heterocycles. The summed E-state index contributed by atoms with van der Waals surface area (Å²) in [6.07, 6.45) is 2.20. The largest absolute Gasteiger partial charge is 0.417 e. The Kier molecular flexibility index (Phi) is 6.19. The molecule has 2 fully saturated rings. The van der Waals surface area contributed by atoms with Gasteiger partial charge in [-0.05, 0) is 30.1 Å². The molecular formula is C24H37O4Si. The van der Waals surface area contributed by atoms with E-state index in [2.05, 4.69) is 59.8 Å². The first-order chi connectivity index (χ1) is 13.4. The first-order valence-corrected chi connectivity index (χ1v) is 13.6. The zero-order valence-electron chi connectivity index (χ0n) is 19.1. The molecule has 0 aliphatic carbocycles. The summed E-state index contributed by atoms with van der Waals surface area (Å²) in [5, 5.41) is 0.178. The van der Waals surface area contributed by atoms with Crippen molar-refractivity contribution in [3.05, 3.63) is 41.8 Å². The van der Waals surface area contributed by atoms with E-state index in [0.717, 1.165) is 18.3 Å². The Morgan fingerprint density at radius 2 is 1.86 bits per heavy atom. The second-order valence-electron chi connectivity index (χ2n) is 10.6. The molecule has 0 N–H and O–H groups in total. The lowest BCUT2D eigenvalue weighted by Gasteiger charge is -2.42. The first kappa shape index (κ1) is 22.7. The quantitative estimate of drug-likeness (QED) is 0.424. The van der Waals surface area contributed by atoms with Gasteiger partial charge in [-0.15, -0.1) is 0 Å². The van der Waals surface area contributed by atoms with E-state index in [-0.39, 0.29) is 22.7 Å². The van der Waals surface area contributed by atoms with Crippen LogP contribution in [0.15, 0.2) is 30.3 Å². The minimum Gasteiger partial charge on any atom is -0.417 e.